The third-order valence-corrected chi connectivity index (χ3v) is 4.57. The van der Waals surface area contributed by atoms with Gasteiger partial charge >= 0.3 is 0 Å². The van der Waals surface area contributed by atoms with Crippen molar-refractivity contribution in [2.45, 2.75) is 31.7 Å². The Morgan fingerprint density at radius 2 is 1.77 bits per heavy atom. The van der Waals surface area contributed by atoms with E-state index in [-0.39, 0.29) is 6.04 Å². The number of carbonyl (C=O) groups is 1. The SMILES string of the molecule is O=C1CCCC([C@@H](Nc2ccc(Cl)cc2)c2ccccc2)C1. The summed E-state index contributed by atoms with van der Waals surface area (Å²) in [5.74, 6) is 0.731. The Morgan fingerprint density at radius 1 is 1.05 bits per heavy atom. The van der Waals surface area contributed by atoms with Gasteiger partial charge < -0.3 is 5.32 Å². The molecule has 1 unspecified atom stereocenters. The Hall–Kier alpha value is -1.80. The molecule has 0 amide bonds. The van der Waals surface area contributed by atoms with Gasteiger partial charge in [-0.25, -0.2) is 0 Å². The zero-order chi connectivity index (χ0) is 15.4. The van der Waals surface area contributed by atoms with Crippen LogP contribution < -0.4 is 5.32 Å². The van der Waals surface area contributed by atoms with Crippen LogP contribution in [0.15, 0.2) is 54.6 Å². The fraction of sp³-hybridized carbons (Fsp3) is 0.316. The summed E-state index contributed by atoms with van der Waals surface area (Å²) in [6, 6.07) is 18.3. The molecule has 1 aliphatic carbocycles. The minimum Gasteiger partial charge on any atom is -0.378 e. The number of rotatable bonds is 4. The van der Waals surface area contributed by atoms with Gasteiger partial charge in [0.2, 0.25) is 0 Å². The number of nitrogens with one attached hydrogen (secondary N) is 1. The zero-order valence-corrected chi connectivity index (χ0v) is 13.2. The Labute approximate surface area is 136 Å². The summed E-state index contributed by atoms with van der Waals surface area (Å²) >= 11 is 5.96. The number of hydrogen-bond acceptors (Lipinski definition) is 2. The lowest BCUT2D eigenvalue weighted by molar-refractivity contribution is -0.121. The third kappa shape index (κ3) is 3.69. The zero-order valence-electron chi connectivity index (χ0n) is 12.5. The lowest BCUT2D eigenvalue weighted by atomic mass is 9.80. The van der Waals surface area contributed by atoms with Crippen LogP contribution in [-0.2, 0) is 4.79 Å². The largest absolute Gasteiger partial charge is 0.378 e. The molecule has 114 valence electrons. The standard InChI is InChI=1S/C19H20ClNO/c20-16-9-11-17(12-10-16)21-19(14-5-2-1-3-6-14)15-7-4-8-18(22)13-15/h1-3,5-6,9-12,15,19,21H,4,7-8,13H2/t15?,19-/m0/s1. The molecule has 0 heterocycles. The topological polar surface area (TPSA) is 29.1 Å². The predicted molar refractivity (Wildman–Crippen MR) is 91.2 cm³/mol. The van der Waals surface area contributed by atoms with Crippen molar-refractivity contribution in [1.29, 1.82) is 0 Å². The highest BCUT2D eigenvalue weighted by atomic mass is 35.5. The van der Waals surface area contributed by atoms with Crippen LogP contribution in [0.1, 0.15) is 37.3 Å². The summed E-state index contributed by atoms with van der Waals surface area (Å²) in [6.45, 7) is 0. The van der Waals surface area contributed by atoms with Crippen LogP contribution in [0.5, 0.6) is 0 Å². The van der Waals surface area contributed by atoms with Gasteiger partial charge in [0, 0.05) is 23.6 Å². The highest BCUT2D eigenvalue weighted by molar-refractivity contribution is 6.30. The highest BCUT2D eigenvalue weighted by Gasteiger charge is 2.28. The van der Waals surface area contributed by atoms with Gasteiger partial charge in [-0.2, -0.15) is 0 Å². The van der Waals surface area contributed by atoms with E-state index in [0.717, 1.165) is 30.0 Å². The first-order chi connectivity index (χ1) is 10.7. The molecule has 1 N–H and O–H groups in total. The minimum atomic E-state index is 0.159. The molecule has 22 heavy (non-hydrogen) atoms. The second-order valence-corrected chi connectivity index (χ2v) is 6.37. The number of halogens is 1. The smallest absolute Gasteiger partial charge is 0.133 e. The fourth-order valence-corrected chi connectivity index (χ4v) is 3.33. The molecule has 3 heteroatoms. The van der Waals surface area contributed by atoms with E-state index in [1.807, 2.05) is 30.3 Å². The van der Waals surface area contributed by atoms with Crippen molar-refractivity contribution in [3.05, 3.63) is 65.2 Å². The van der Waals surface area contributed by atoms with Crippen LogP contribution in [0.2, 0.25) is 5.02 Å². The molecular weight excluding hydrogens is 294 g/mol. The van der Waals surface area contributed by atoms with Crippen LogP contribution in [0.25, 0.3) is 0 Å². The van der Waals surface area contributed by atoms with E-state index in [0.29, 0.717) is 18.1 Å². The van der Waals surface area contributed by atoms with Crippen molar-refractivity contribution >= 4 is 23.1 Å². The molecule has 1 saturated carbocycles. The molecule has 2 aromatic carbocycles. The monoisotopic (exact) mass is 313 g/mol. The minimum absolute atomic E-state index is 0.159. The lowest BCUT2D eigenvalue weighted by Crippen LogP contribution is -2.26. The number of Topliss-reactive ketones (excluding diaryl/α,β-unsaturated/α-hetero) is 1. The van der Waals surface area contributed by atoms with Gasteiger partial charge in [0.1, 0.15) is 5.78 Å². The van der Waals surface area contributed by atoms with Crippen molar-refractivity contribution in [3.63, 3.8) is 0 Å². The van der Waals surface area contributed by atoms with E-state index in [1.54, 1.807) is 0 Å². The van der Waals surface area contributed by atoms with Crippen LogP contribution in [0.4, 0.5) is 5.69 Å². The average Bonchev–Trinajstić information content (AvgIpc) is 2.55. The molecule has 0 saturated heterocycles. The Balaban J connectivity index is 1.85. The van der Waals surface area contributed by atoms with Gasteiger partial charge in [0.15, 0.2) is 0 Å². The van der Waals surface area contributed by atoms with Crippen molar-refractivity contribution < 1.29 is 4.79 Å². The predicted octanol–water partition coefficient (Wildman–Crippen LogP) is 5.25. The second kappa shape index (κ2) is 6.97. The molecule has 0 aliphatic heterocycles. The fourth-order valence-electron chi connectivity index (χ4n) is 3.20. The molecule has 2 atom stereocenters. The van der Waals surface area contributed by atoms with E-state index < -0.39 is 0 Å². The van der Waals surface area contributed by atoms with Gasteiger partial charge in [-0.1, -0.05) is 41.9 Å². The first-order valence-electron chi connectivity index (χ1n) is 7.81. The van der Waals surface area contributed by atoms with E-state index in [1.165, 1.54) is 5.56 Å². The van der Waals surface area contributed by atoms with Gasteiger partial charge in [0.25, 0.3) is 0 Å². The molecule has 0 radical (unpaired) electrons. The average molecular weight is 314 g/mol. The summed E-state index contributed by atoms with van der Waals surface area (Å²) in [7, 11) is 0. The summed E-state index contributed by atoms with van der Waals surface area (Å²) in [5.41, 5.74) is 2.27. The third-order valence-electron chi connectivity index (χ3n) is 4.32. The molecule has 1 aliphatic rings. The van der Waals surface area contributed by atoms with Crippen LogP contribution in [0, 0.1) is 5.92 Å². The number of benzene rings is 2. The molecule has 0 bridgehead atoms. The maximum atomic E-state index is 11.9. The Kier molecular flexibility index (Phi) is 4.79. The molecule has 0 aromatic heterocycles. The lowest BCUT2D eigenvalue weighted by Gasteiger charge is -2.31. The Bertz CT molecular complexity index is 624. The molecular formula is C19H20ClNO. The first-order valence-corrected chi connectivity index (χ1v) is 8.19. The van der Waals surface area contributed by atoms with Crippen LogP contribution in [-0.4, -0.2) is 5.78 Å². The van der Waals surface area contributed by atoms with Crippen molar-refractivity contribution in [2.24, 2.45) is 5.92 Å². The van der Waals surface area contributed by atoms with Gasteiger partial charge in [-0.05, 0) is 48.6 Å². The van der Waals surface area contributed by atoms with Gasteiger partial charge in [0.05, 0.1) is 6.04 Å². The maximum Gasteiger partial charge on any atom is 0.133 e. The summed E-state index contributed by atoms with van der Waals surface area (Å²) in [6.07, 6.45) is 3.49. The maximum absolute atomic E-state index is 11.9. The summed E-state index contributed by atoms with van der Waals surface area (Å²) in [4.78, 5) is 11.9. The molecule has 3 rings (SSSR count). The first kappa shape index (κ1) is 15.1. The Morgan fingerprint density at radius 3 is 2.45 bits per heavy atom. The number of hydrogen-bond donors (Lipinski definition) is 1. The molecule has 0 spiro atoms. The van der Waals surface area contributed by atoms with Crippen molar-refractivity contribution in [2.75, 3.05) is 5.32 Å². The number of anilines is 1. The van der Waals surface area contributed by atoms with E-state index in [2.05, 4.69) is 29.6 Å². The van der Waals surface area contributed by atoms with Crippen LogP contribution >= 0.6 is 11.6 Å². The van der Waals surface area contributed by atoms with Gasteiger partial charge in [-0.15, -0.1) is 0 Å². The molecule has 2 nitrogen and oxygen atoms in total. The van der Waals surface area contributed by atoms with Gasteiger partial charge in [-0.3, -0.25) is 4.79 Å². The summed E-state index contributed by atoms with van der Waals surface area (Å²) < 4.78 is 0. The van der Waals surface area contributed by atoms with Crippen LogP contribution in [0.3, 0.4) is 0 Å². The van der Waals surface area contributed by atoms with Crippen molar-refractivity contribution in [3.8, 4) is 0 Å². The quantitative estimate of drug-likeness (QED) is 0.835. The van der Waals surface area contributed by atoms with Crippen molar-refractivity contribution in [1.82, 2.24) is 0 Å². The summed E-state index contributed by atoms with van der Waals surface area (Å²) in [5, 5.41) is 4.33. The van der Waals surface area contributed by atoms with E-state index in [9.17, 15) is 4.79 Å². The molecule has 1 fully saturated rings. The highest BCUT2D eigenvalue weighted by Crippen LogP contribution is 2.35. The second-order valence-electron chi connectivity index (χ2n) is 5.93. The normalized spacial score (nSPS) is 19.7. The van der Waals surface area contributed by atoms with E-state index >= 15 is 0 Å². The number of ketones is 1. The van der Waals surface area contributed by atoms with E-state index in [4.69, 9.17) is 11.6 Å². The number of carbonyl (C=O) groups excluding carboxylic acids is 1. The molecule has 2 aromatic rings.